The Labute approximate surface area is 180 Å². The van der Waals surface area contributed by atoms with Crippen LogP contribution >= 0.6 is 11.8 Å². The van der Waals surface area contributed by atoms with Gasteiger partial charge < -0.3 is 9.88 Å². The zero-order chi connectivity index (χ0) is 21.1. The Hall–Kier alpha value is -2.67. The first-order valence-electron chi connectivity index (χ1n) is 10.2. The molecule has 1 aliphatic rings. The number of thioether (sulfide) groups is 1. The van der Waals surface area contributed by atoms with Crippen molar-refractivity contribution in [3.63, 3.8) is 0 Å². The van der Waals surface area contributed by atoms with E-state index in [0.717, 1.165) is 40.5 Å². The molecule has 2 heterocycles. The molecule has 0 saturated heterocycles. The van der Waals surface area contributed by atoms with Crippen LogP contribution in [-0.4, -0.2) is 26.7 Å². The molecular formula is C23H25FN4OS. The third-order valence-corrected chi connectivity index (χ3v) is 6.11. The maximum absolute atomic E-state index is 13.6. The Balaban J connectivity index is 1.92. The second-order valence-corrected chi connectivity index (χ2v) is 8.35. The molecule has 0 radical (unpaired) electrons. The molecule has 7 heteroatoms. The van der Waals surface area contributed by atoms with Crippen LogP contribution in [0, 0.1) is 5.82 Å². The Morgan fingerprint density at radius 3 is 2.53 bits per heavy atom. The van der Waals surface area contributed by atoms with Gasteiger partial charge in [0.1, 0.15) is 11.6 Å². The average molecular weight is 425 g/mol. The third kappa shape index (κ3) is 4.26. The minimum Gasteiger partial charge on any atom is -0.315 e. The lowest BCUT2D eigenvalue weighted by Gasteiger charge is -2.26. The van der Waals surface area contributed by atoms with Crippen molar-refractivity contribution in [2.24, 2.45) is 0 Å². The molecule has 156 valence electrons. The molecular weight excluding hydrogens is 399 g/mol. The van der Waals surface area contributed by atoms with E-state index >= 15 is 0 Å². The molecule has 0 spiro atoms. The van der Waals surface area contributed by atoms with Gasteiger partial charge in [-0.2, -0.15) is 0 Å². The predicted octanol–water partition coefficient (Wildman–Crippen LogP) is 5.94. The van der Waals surface area contributed by atoms with Crippen LogP contribution in [0.3, 0.4) is 0 Å². The monoisotopic (exact) mass is 424 g/mol. The lowest BCUT2D eigenvalue weighted by Crippen LogP contribution is -2.15. The summed E-state index contributed by atoms with van der Waals surface area (Å²) in [6.07, 6.45) is 9.64. The molecule has 0 bridgehead atoms. The summed E-state index contributed by atoms with van der Waals surface area (Å²) in [4.78, 5) is 20.8. The van der Waals surface area contributed by atoms with Crippen molar-refractivity contribution in [1.29, 1.82) is 0 Å². The van der Waals surface area contributed by atoms with Crippen LogP contribution < -0.4 is 5.32 Å². The van der Waals surface area contributed by atoms with Crippen LogP contribution in [0.1, 0.15) is 45.1 Å². The molecule has 2 aromatic heterocycles. The van der Waals surface area contributed by atoms with Crippen LogP contribution in [0.4, 0.5) is 10.2 Å². The number of halogens is 1. The minimum absolute atomic E-state index is 0.163. The summed E-state index contributed by atoms with van der Waals surface area (Å²) in [6, 6.07) is 10.7. The highest BCUT2D eigenvalue weighted by Gasteiger charge is 2.26. The molecule has 0 aliphatic heterocycles. The molecule has 30 heavy (non-hydrogen) atoms. The van der Waals surface area contributed by atoms with Crippen molar-refractivity contribution in [3.05, 3.63) is 48.4 Å². The highest BCUT2D eigenvalue weighted by molar-refractivity contribution is 7.98. The molecule has 5 nitrogen and oxygen atoms in total. The van der Waals surface area contributed by atoms with Crippen LogP contribution in [0.5, 0.6) is 0 Å². The predicted molar refractivity (Wildman–Crippen MR) is 119 cm³/mol. The van der Waals surface area contributed by atoms with Gasteiger partial charge in [0.2, 0.25) is 5.91 Å². The van der Waals surface area contributed by atoms with Crippen molar-refractivity contribution in [1.82, 2.24) is 14.5 Å². The molecule has 1 N–H and O–H groups in total. The molecule has 1 aliphatic carbocycles. The number of carbonyl (C=O) groups is 1. The second kappa shape index (κ2) is 9.00. The van der Waals surface area contributed by atoms with Gasteiger partial charge in [0.25, 0.3) is 0 Å². The summed E-state index contributed by atoms with van der Waals surface area (Å²) >= 11 is 1.62. The molecule has 3 aromatic rings. The first-order valence-corrected chi connectivity index (χ1v) is 11.5. The fourth-order valence-corrected chi connectivity index (χ4v) is 4.77. The van der Waals surface area contributed by atoms with Gasteiger partial charge in [0.05, 0.1) is 11.4 Å². The number of amides is 1. The fraction of sp³-hybridized carbons (Fsp3) is 0.348. The largest absolute Gasteiger partial charge is 0.315 e. The summed E-state index contributed by atoms with van der Waals surface area (Å²) in [7, 11) is 0. The Kier molecular flexibility index (Phi) is 6.18. The Bertz CT molecular complexity index is 1040. The number of nitrogens with zero attached hydrogens (tertiary/aromatic N) is 3. The standard InChI is InChI=1S/C23H25FN4OS/c1-15(29)26-20-14-17(12-13-25-20)22-21(16-8-10-18(24)11-9-16)27-23(30-2)28(22)19-6-4-3-5-7-19/h8-14,19H,3-7H2,1-2H3,(H,25,26,29). The number of hydrogen-bond acceptors (Lipinski definition) is 4. The number of nitrogens with one attached hydrogen (secondary N) is 1. The fourth-order valence-electron chi connectivity index (χ4n) is 4.15. The maximum atomic E-state index is 13.6. The SMILES string of the molecule is CSc1nc(-c2ccc(F)cc2)c(-c2ccnc(NC(C)=O)c2)n1C1CCCCC1. The summed E-state index contributed by atoms with van der Waals surface area (Å²) in [5.74, 6) is 0.0742. The lowest BCUT2D eigenvalue weighted by atomic mass is 9.94. The molecule has 0 atom stereocenters. The number of rotatable bonds is 5. The Morgan fingerprint density at radius 2 is 1.87 bits per heavy atom. The molecule has 1 amide bonds. The first-order chi connectivity index (χ1) is 14.6. The molecule has 1 fully saturated rings. The summed E-state index contributed by atoms with van der Waals surface area (Å²) in [5.41, 5.74) is 3.62. The van der Waals surface area contributed by atoms with E-state index in [4.69, 9.17) is 4.98 Å². The van der Waals surface area contributed by atoms with Crippen molar-refractivity contribution in [2.75, 3.05) is 11.6 Å². The summed E-state index contributed by atoms with van der Waals surface area (Å²) < 4.78 is 15.9. The number of pyridine rings is 1. The van der Waals surface area contributed by atoms with E-state index in [0.29, 0.717) is 11.9 Å². The van der Waals surface area contributed by atoms with Crippen LogP contribution in [0.2, 0.25) is 0 Å². The summed E-state index contributed by atoms with van der Waals surface area (Å²) in [5, 5.41) is 3.72. The van der Waals surface area contributed by atoms with E-state index in [1.165, 1.54) is 38.3 Å². The minimum atomic E-state index is -0.269. The second-order valence-electron chi connectivity index (χ2n) is 7.58. The van der Waals surface area contributed by atoms with Crippen molar-refractivity contribution < 1.29 is 9.18 Å². The van der Waals surface area contributed by atoms with Crippen molar-refractivity contribution in [3.8, 4) is 22.5 Å². The first kappa shape index (κ1) is 20.6. The topological polar surface area (TPSA) is 59.8 Å². The van der Waals surface area contributed by atoms with E-state index in [-0.39, 0.29) is 11.7 Å². The van der Waals surface area contributed by atoms with Gasteiger partial charge in [-0.25, -0.2) is 14.4 Å². The van der Waals surface area contributed by atoms with Gasteiger partial charge >= 0.3 is 0 Å². The number of benzene rings is 1. The zero-order valence-electron chi connectivity index (χ0n) is 17.2. The van der Waals surface area contributed by atoms with Crippen LogP contribution in [0.15, 0.2) is 47.8 Å². The van der Waals surface area contributed by atoms with Gasteiger partial charge in [0.15, 0.2) is 5.16 Å². The maximum Gasteiger partial charge on any atom is 0.222 e. The van der Waals surface area contributed by atoms with E-state index in [1.54, 1.807) is 30.1 Å². The number of hydrogen-bond donors (Lipinski definition) is 1. The lowest BCUT2D eigenvalue weighted by molar-refractivity contribution is -0.114. The highest BCUT2D eigenvalue weighted by Crippen LogP contribution is 2.41. The van der Waals surface area contributed by atoms with Gasteiger partial charge in [-0.15, -0.1) is 0 Å². The number of aromatic nitrogens is 3. The van der Waals surface area contributed by atoms with Crippen molar-refractivity contribution in [2.45, 2.75) is 50.2 Å². The van der Waals surface area contributed by atoms with E-state index in [1.807, 2.05) is 18.4 Å². The highest BCUT2D eigenvalue weighted by atomic mass is 32.2. The third-order valence-electron chi connectivity index (χ3n) is 5.46. The van der Waals surface area contributed by atoms with E-state index < -0.39 is 0 Å². The number of imidazole rings is 1. The Morgan fingerprint density at radius 1 is 1.13 bits per heavy atom. The van der Waals surface area contributed by atoms with Crippen LogP contribution in [-0.2, 0) is 4.79 Å². The molecule has 0 unspecified atom stereocenters. The quantitative estimate of drug-likeness (QED) is 0.515. The number of carbonyl (C=O) groups excluding carboxylic acids is 1. The van der Waals surface area contributed by atoms with Gasteiger partial charge in [-0.3, -0.25) is 4.79 Å². The summed E-state index contributed by atoms with van der Waals surface area (Å²) in [6.45, 7) is 1.47. The number of anilines is 1. The average Bonchev–Trinajstić information content (AvgIpc) is 3.14. The van der Waals surface area contributed by atoms with E-state index in [9.17, 15) is 9.18 Å². The van der Waals surface area contributed by atoms with Gasteiger partial charge in [-0.1, -0.05) is 31.0 Å². The van der Waals surface area contributed by atoms with E-state index in [2.05, 4.69) is 14.9 Å². The van der Waals surface area contributed by atoms with Gasteiger partial charge in [-0.05, 0) is 55.5 Å². The normalized spacial score (nSPS) is 14.6. The van der Waals surface area contributed by atoms with Crippen LogP contribution in [0.25, 0.3) is 22.5 Å². The zero-order valence-corrected chi connectivity index (χ0v) is 18.0. The smallest absolute Gasteiger partial charge is 0.222 e. The molecule has 1 saturated carbocycles. The van der Waals surface area contributed by atoms with Gasteiger partial charge in [0, 0.05) is 30.3 Å². The molecule has 1 aromatic carbocycles. The molecule has 4 rings (SSSR count). The van der Waals surface area contributed by atoms with Crippen molar-refractivity contribution >= 4 is 23.5 Å².